The number of nitrogens with one attached hydrogen (secondary N) is 1. The first kappa shape index (κ1) is 14.8. The lowest BCUT2D eigenvalue weighted by atomic mass is 9.71. The molecule has 0 bridgehead atoms. The number of rotatable bonds is 5. The predicted molar refractivity (Wildman–Crippen MR) is 77.2 cm³/mol. The average Bonchev–Trinajstić information content (AvgIpc) is 2.79. The van der Waals surface area contributed by atoms with Crippen molar-refractivity contribution < 1.29 is 9.90 Å². The fourth-order valence-electron chi connectivity index (χ4n) is 4.02. The molecule has 0 saturated heterocycles. The Balaban J connectivity index is 1.81. The number of hydrogen-bond acceptors (Lipinski definition) is 2. The number of hydrogen-bond donors (Lipinski definition) is 2. The van der Waals surface area contributed by atoms with Gasteiger partial charge in [0, 0.05) is 6.04 Å². The molecule has 0 radical (unpaired) electrons. The van der Waals surface area contributed by atoms with Gasteiger partial charge in [0.1, 0.15) is 6.04 Å². The highest BCUT2D eigenvalue weighted by molar-refractivity contribution is 5.73. The molecule has 2 aliphatic rings. The van der Waals surface area contributed by atoms with Crippen LogP contribution in [-0.2, 0) is 4.79 Å². The van der Waals surface area contributed by atoms with Crippen molar-refractivity contribution in [2.75, 3.05) is 0 Å². The monoisotopic (exact) mass is 267 g/mol. The van der Waals surface area contributed by atoms with Crippen LogP contribution >= 0.6 is 0 Å². The fraction of sp³-hybridized carbons (Fsp3) is 0.938. The van der Waals surface area contributed by atoms with E-state index in [1.807, 2.05) is 0 Å². The van der Waals surface area contributed by atoms with Gasteiger partial charge in [0.15, 0.2) is 0 Å². The Morgan fingerprint density at radius 3 is 2.26 bits per heavy atom. The van der Waals surface area contributed by atoms with Crippen LogP contribution in [0.4, 0.5) is 0 Å². The zero-order valence-electron chi connectivity index (χ0n) is 12.5. The summed E-state index contributed by atoms with van der Waals surface area (Å²) in [6, 6.07) is 0.0636. The highest BCUT2D eigenvalue weighted by Crippen LogP contribution is 2.48. The van der Waals surface area contributed by atoms with Crippen LogP contribution in [0.1, 0.15) is 71.6 Å². The van der Waals surface area contributed by atoms with Gasteiger partial charge in [0.2, 0.25) is 0 Å². The maximum Gasteiger partial charge on any atom is 0.320 e. The molecular weight excluding hydrogens is 238 g/mol. The molecule has 2 aliphatic carbocycles. The summed E-state index contributed by atoms with van der Waals surface area (Å²) in [5.41, 5.74) is 0.634. The van der Waals surface area contributed by atoms with Crippen molar-refractivity contribution in [3.63, 3.8) is 0 Å². The van der Waals surface area contributed by atoms with Crippen molar-refractivity contribution >= 4 is 5.97 Å². The van der Waals surface area contributed by atoms with Gasteiger partial charge in [-0.3, -0.25) is 4.79 Å². The highest BCUT2D eigenvalue weighted by atomic mass is 16.4. The molecule has 0 aromatic rings. The number of aliphatic carboxylic acids is 1. The molecule has 2 N–H and O–H groups in total. The van der Waals surface area contributed by atoms with Gasteiger partial charge in [-0.05, 0) is 56.3 Å². The van der Waals surface area contributed by atoms with Gasteiger partial charge >= 0.3 is 5.97 Å². The van der Waals surface area contributed by atoms with Gasteiger partial charge in [-0.1, -0.05) is 26.7 Å². The van der Waals surface area contributed by atoms with Crippen molar-refractivity contribution in [1.29, 1.82) is 0 Å². The second-order valence-corrected chi connectivity index (χ2v) is 7.17. The molecule has 0 heterocycles. The Kier molecular flexibility index (Phi) is 4.88. The second-order valence-electron chi connectivity index (χ2n) is 7.17. The summed E-state index contributed by atoms with van der Waals surface area (Å²) in [4.78, 5) is 11.3. The first-order valence-electron chi connectivity index (χ1n) is 8.00. The van der Waals surface area contributed by atoms with E-state index in [2.05, 4.69) is 19.2 Å². The minimum atomic E-state index is -0.685. The van der Waals surface area contributed by atoms with Gasteiger partial charge in [-0.25, -0.2) is 0 Å². The van der Waals surface area contributed by atoms with Crippen LogP contribution < -0.4 is 5.32 Å². The highest BCUT2D eigenvalue weighted by Gasteiger charge is 2.38. The summed E-state index contributed by atoms with van der Waals surface area (Å²) >= 11 is 0. The fourth-order valence-corrected chi connectivity index (χ4v) is 4.02. The minimum Gasteiger partial charge on any atom is -0.480 e. The van der Waals surface area contributed by atoms with Gasteiger partial charge in [0.25, 0.3) is 0 Å². The van der Waals surface area contributed by atoms with Crippen LogP contribution in [0.2, 0.25) is 0 Å². The summed E-state index contributed by atoms with van der Waals surface area (Å²) in [5, 5.41) is 12.7. The predicted octanol–water partition coefficient (Wildman–Crippen LogP) is 3.58. The summed E-state index contributed by atoms with van der Waals surface area (Å²) in [7, 11) is 0. The molecule has 2 saturated carbocycles. The summed E-state index contributed by atoms with van der Waals surface area (Å²) < 4.78 is 0. The smallest absolute Gasteiger partial charge is 0.320 e. The van der Waals surface area contributed by atoms with Crippen LogP contribution in [0.25, 0.3) is 0 Å². The zero-order valence-corrected chi connectivity index (χ0v) is 12.5. The van der Waals surface area contributed by atoms with E-state index in [0.29, 0.717) is 17.4 Å². The molecule has 0 aromatic heterocycles. The Morgan fingerprint density at radius 1 is 1.21 bits per heavy atom. The Morgan fingerprint density at radius 2 is 1.79 bits per heavy atom. The minimum absolute atomic E-state index is 0.359. The second kappa shape index (κ2) is 6.25. The van der Waals surface area contributed by atoms with Gasteiger partial charge < -0.3 is 10.4 Å². The maximum atomic E-state index is 11.3. The molecule has 3 nitrogen and oxygen atoms in total. The maximum absolute atomic E-state index is 11.3. The van der Waals surface area contributed by atoms with Crippen LogP contribution in [0.15, 0.2) is 0 Å². The topological polar surface area (TPSA) is 49.3 Å². The van der Waals surface area contributed by atoms with E-state index >= 15 is 0 Å². The first-order chi connectivity index (χ1) is 9.01. The lowest BCUT2D eigenvalue weighted by Crippen LogP contribution is -2.46. The molecule has 3 heteroatoms. The van der Waals surface area contributed by atoms with Crippen molar-refractivity contribution in [3.8, 4) is 0 Å². The summed E-state index contributed by atoms with van der Waals surface area (Å²) in [6.45, 7) is 4.18. The first-order valence-corrected chi connectivity index (χ1v) is 8.00. The molecule has 2 rings (SSSR count). The Bertz CT molecular complexity index is 298. The Labute approximate surface area is 117 Å². The quantitative estimate of drug-likeness (QED) is 0.800. The molecule has 1 atom stereocenters. The lowest BCUT2D eigenvalue weighted by molar-refractivity contribution is -0.140. The third kappa shape index (κ3) is 3.95. The third-order valence-electron chi connectivity index (χ3n) is 5.15. The molecule has 2 fully saturated rings. The molecule has 0 aromatic carbocycles. The van der Waals surface area contributed by atoms with E-state index in [4.69, 9.17) is 0 Å². The number of carboxylic acids is 1. The van der Waals surface area contributed by atoms with Gasteiger partial charge in [-0.15, -0.1) is 0 Å². The lowest BCUT2D eigenvalue weighted by Gasteiger charge is -2.38. The molecule has 19 heavy (non-hydrogen) atoms. The molecule has 1 unspecified atom stereocenters. The number of carboxylic acid groups (broad SMARTS) is 1. The van der Waals surface area contributed by atoms with Crippen LogP contribution in [-0.4, -0.2) is 23.2 Å². The van der Waals surface area contributed by atoms with Crippen LogP contribution in [0.5, 0.6) is 0 Å². The average molecular weight is 267 g/mol. The van der Waals surface area contributed by atoms with E-state index in [0.717, 1.165) is 6.42 Å². The summed E-state index contributed by atoms with van der Waals surface area (Å²) in [5.74, 6) is -0.256. The van der Waals surface area contributed by atoms with E-state index in [-0.39, 0.29) is 6.04 Å². The van der Waals surface area contributed by atoms with Crippen LogP contribution in [0, 0.1) is 11.3 Å². The van der Waals surface area contributed by atoms with Crippen LogP contribution in [0.3, 0.4) is 0 Å². The third-order valence-corrected chi connectivity index (χ3v) is 5.15. The largest absolute Gasteiger partial charge is 0.480 e. The van der Waals surface area contributed by atoms with E-state index in [9.17, 15) is 9.90 Å². The molecule has 1 spiro atoms. The van der Waals surface area contributed by atoms with E-state index in [1.54, 1.807) is 0 Å². The SMILES string of the molecule is CC(C)CC(NC1CCC2(CCCC2)CC1)C(=O)O. The molecular formula is C16H29NO2. The van der Waals surface area contributed by atoms with Crippen molar-refractivity contribution in [3.05, 3.63) is 0 Å². The van der Waals surface area contributed by atoms with Gasteiger partial charge in [0.05, 0.1) is 0 Å². The summed E-state index contributed by atoms with van der Waals surface area (Å²) in [6.07, 6.45) is 11.3. The number of carbonyl (C=O) groups is 1. The standard InChI is InChI=1S/C16H29NO2/c1-12(2)11-14(15(18)19)17-13-5-9-16(10-6-13)7-3-4-8-16/h12-14,17H,3-11H2,1-2H3,(H,18,19). The molecule has 0 amide bonds. The zero-order chi connectivity index (χ0) is 13.9. The molecule has 0 aliphatic heterocycles. The van der Waals surface area contributed by atoms with Crippen molar-refractivity contribution in [2.24, 2.45) is 11.3 Å². The molecule has 110 valence electrons. The Hall–Kier alpha value is -0.570. The van der Waals surface area contributed by atoms with E-state index < -0.39 is 5.97 Å². The van der Waals surface area contributed by atoms with Crippen molar-refractivity contribution in [2.45, 2.75) is 83.7 Å². The van der Waals surface area contributed by atoms with Crippen molar-refractivity contribution in [1.82, 2.24) is 5.32 Å². The van der Waals surface area contributed by atoms with Gasteiger partial charge in [-0.2, -0.15) is 0 Å². The van der Waals surface area contributed by atoms with E-state index in [1.165, 1.54) is 51.4 Å². The normalized spacial score (nSPS) is 25.0.